The maximum atomic E-state index is 12.1. The van der Waals surface area contributed by atoms with Crippen molar-refractivity contribution in [1.82, 2.24) is 14.1 Å². The minimum atomic E-state index is 0.0574. The van der Waals surface area contributed by atoms with Crippen LogP contribution in [0.3, 0.4) is 0 Å². The Balaban J connectivity index is 1.97. The van der Waals surface area contributed by atoms with Crippen LogP contribution in [0.1, 0.15) is 42.1 Å². The molecule has 2 heterocycles. The molecular weight excluding hydrogens is 238 g/mol. The van der Waals surface area contributed by atoms with E-state index in [0.717, 1.165) is 30.0 Å². The van der Waals surface area contributed by atoms with E-state index in [4.69, 9.17) is 0 Å². The molecule has 0 aromatic carbocycles. The molecule has 1 aliphatic rings. The molecule has 1 aliphatic carbocycles. The smallest absolute Gasteiger partial charge is 0.165 e. The summed E-state index contributed by atoms with van der Waals surface area (Å²) in [6.07, 6.45) is 7.36. The Hall–Kier alpha value is -1.84. The molecule has 4 nitrogen and oxygen atoms in total. The Morgan fingerprint density at radius 1 is 1.32 bits per heavy atom. The average molecular weight is 257 g/mol. The van der Waals surface area contributed by atoms with Gasteiger partial charge in [-0.2, -0.15) is 0 Å². The summed E-state index contributed by atoms with van der Waals surface area (Å²) in [6.45, 7) is 5.04. The van der Waals surface area contributed by atoms with Crippen LogP contribution in [0.15, 0.2) is 24.7 Å². The summed E-state index contributed by atoms with van der Waals surface area (Å²) in [4.78, 5) is 16.5. The van der Waals surface area contributed by atoms with Gasteiger partial charge in [0.25, 0.3) is 0 Å². The summed E-state index contributed by atoms with van der Waals surface area (Å²) in [7, 11) is 1.99. The van der Waals surface area contributed by atoms with Crippen LogP contribution in [0.5, 0.6) is 0 Å². The number of rotatable bonds is 2. The fraction of sp³-hybridized carbons (Fsp3) is 0.467. The number of fused-ring (bicyclic) bond motifs is 1. The van der Waals surface area contributed by atoms with Gasteiger partial charge in [-0.15, -0.1) is 0 Å². The molecule has 0 spiro atoms. The SMILES string of the molecule is Cn1ccnc1Cn1ccc2c1CC(C)(C)CC2=O. The Morgan fingerprint density at radius 3 is 2.79 bits per heavy atom. The summed E-state index contributed by atoms with van der Waals surface area (Å²) in [6, 6.07) is 1.95. The molecule has 0 N–H and O–H groups in total. The standard InChI is InChI=1S/C15H19N3O/c1-15(2)8-12-11(13(19)9-15)4-6-18(12)10-14-16-5-7-17(14)3/h4-7H,8-10H2,1-3H3. The van der Waals surface area contributed by atoms with Gasteiger partial charge in [-0.25, -0.2) is 4.98 Å². The van der Waals surface area contributed by atoms with E-state index in [1.54, 1.807) is 6.20 Å². The zero-order chi connectivity index (χ0) is 13.6. The first-order chi connectivity index (χ1) is 8.96. The van der Waals surface area contributed by atoms with E-state index < -0.39 is 0 Å². The van der Waals surface area contributed by atoms with Crippen molar-refractivity contribution >= 4 is 5.78 Å². The van der Waals surface area contributed by atoms with Crippen molar-refractivity contribution in [2.24, 2.45) is 12.5 Å². The lowest BCUT2D eigenvalue weighted by molar-refractivity contribution is 0.0910. The van der Waals surface area contributed by atoms with Crippen LogP contribution >= 0.6 is 0 Å². The molecule has 0 atom stereocenters. The lowest BCUT2D eigenvalue weighted by Crippen LogP contribution is -2.28. The van der Waals surface area contributed by atoms with E-state index in [0.29, 0.717) is 6.42 Å². The zero-order valence-corrected chi connectivity index (χ0v) is 11.7. The van der Waals surface area contributed by atoms with Gasteiger partial charge >= 0.3 is 0 Å². The second-order valence-electron chi connectivity index (χ2n) is 6.20. The highest BCUT2D eigenvalue weighted by atomic mass is 16.1. The number of carbonyl (C=O) groups excluding carboxylic acids is 1. The van der Waals surface area contributed by atoms with E-state index >= 15 is 0 Å². The summed E-state index contributed by atoms with van der Waals surface area (Å²) in [5, 5.41) is 0. The fourth-order valence-corrected chi connectivity index (χ4v) is 2.85. The third-order valence-corrected chi connectivity index (χ3v) is 3.90. The largest absolute Gasteiger partial charge is 0.343 e. The molecule has 2 aromatic heterocycles. The van der Waals surface area contributed by atoms with Gasteiger partial charge in [0.15, 0.2) is 5.78 Å². The van der Waals surface area contributed by atoms with Crippen molar-refractivity contribution in [2.45, 2.75) is 33.2 Å². The summed E-state index contributed by atoms with van der Waals surface area (Å²) in [5.41, 5.74) is 2.11. The maximum Gasteiger partial charge on any atom is 0.165 e. The van der Waals surface area contributed by atoms with Crippen LogP contribution in [0, 0.1) is 5.41 Å². The third kappa shape index (κ3) is 2.11. The number of Topliss-reactive ketones (excluding diaryl/α,β-unsaturated/α-hetero) is 1. The topological polar surface area (TPSA) is 39.8 Å². The molecule has 100 valence electrons. The minimum Gasteiger partial charge on any atom is -0.343 e. The van der Waals surface area contributed by atoms with Gasteiger partial charge in [0.1, 0.15) is 5.82 Å². The van der Waals surface area contributed by atoms with Crippen LogP contribution < -0.4 is 0 Å². The van der Waals surface area contributed by atoms with E-state index in [9.17, 15) is 4.79 Å². The number of carbonyl (C=O) groups is 1. The summed E-state index contributed by atoms with van der Waals surface area (Å²) in [5.74, 6) is 1.28. The molecule has 4 heteroatoms. The number of nitrogens with zero attached hydrogens (tertiary/aromatic N) is 3. The van der Waals surface area contributed by atoms with Crippen molar-refractivity contribution < 1.29 is 4.79 Å². The second kappa shape index (κ2) is 4.08. The van der Waals surface area contributed by atoms with Gasteiger partial charge in [-0.3, -0.25) is 4.79 Å². The highest BCUT2D eigenvalue weighted by Crippen LogP contribution is 2.35. The van der Waals surface area contributed by atoms with Crippen molar-refractivity contribution in [3.63, 3.8) is 0 Å². The molecule has 0 amide bonds. The normalized spacial score (nSPS) is 17.5. The first-order valence-electron chi connectivity index (χ1n) is 6.64. The van der Waals surface area contributed by atoms with Crippen LogP contribution in [-0.4, -0.2) is 19.9 Å². The Morgan fingerprint density at radius 2 is 2.11 bits per heavy atom. The summed E-state index contributed by atoms with van der Waals surface area (Å²) >= 11 is 0. The molecule has 0 fully saturated rings. The molecule has 0 unspecified atom stereocenters. The van der Waals surface area contributed by atoms with Crippen molar-refractivity contribution in [3.05, 3.63) is 41.7 Å². The molecular formula is C15H19N3O. The number of hydrogen-bond acceptors (Lipinski definition) is 2. The average Bonchev–Trinajstić information content (AvgIpc) is 2.87. The predicted octanol–water partition coefficient (Wildman–Crippen LogP) is 2.43. The van der Waals surface area contributed by atoms with Crippen LogP contribution in [0.4, 0.5) is 0 Å². The van der Waals surface area contributed by atoms with Crippen LogP contribution in [0.2, 0.25) is 0 Å². The first-order valence-corrected chi connectivity index (χ1v) is 6.64. The lowest BCUT2D eigenvalue weighted by atomic mass is 9.76. The number of ketones is 1. The molecule has 0 saturated heterocycles. The van der Waals surface area contributed by atoms with E-state index in [1.165, 1.54) is 0 Å². The predicted molar refractivity (Wildman–Crippen MR) is 73.2 cm³/mol. The Bertz CT molecular complexity index is 634. The van der Waals surface area contributed by atoms with Crippen LogP contribution in [-0.2, 0) is 20.0 Å². The van der Waals surface area contributed by atoms with Crippen molar-refractivity contribution in [2.75, 3.05) is 0 Å². The molecule has 0 radical (unpaired) electrons. The Kier molecular flexibility index (Phi) is 2.62. The van der Waals surface area contributed by atoms with Gasteiger partial charge < -0.3 is 9.13 Å². The molecule has 19 heavy (non-hydrogen) atoms. The van der Waals surface area contributed by atoms with Gasteiger partial charge in [0.2, 0.25) is 0 Å². The first kappa shape index (κ1) is 12.2. The van der Waals surface area contributed by atoms with Gasteiger partial charge in [0, 0.05) is 43.3 Å². The monoisotopic (exact) mass is 257 g/mol. The minimum absolute atomic E-state index is 0.0574. The lowest BCUT2D eigenvalue weighted by Gasteiger charge is -2.29. The number of imidazole rings is 1. The molecule has 0 saturated carbocycles. The number of hydrogen-bond donors (Lipinski definition) is 0. The maximum absolute atomic E-state index is 12.1. The highest BCUT2D eigenvalue weighted by molar-refractivity contribution is 5.98. The van der Waals surface area contributed by atoms with Gasteiger partial charge in [0.05, 0.1) is 6.54 Å². The quantitative estimate of drug-likeness (QED) is 0.829. The van der Waals surface area contributed by atoms with Crippen LogP contribution in [0.25, 0.3) is 0 Å². The van der Waals surface area contributed by atoms with Crippen molar-refractivity contribution in [3.8, 4) is 0 Å². The molecule has 0 bridgehead atoms. The number of aromatic nitrogens is 3. The van der Waals surface area contributed by atoms with E-state index in [2.05, 4.69) is 23.4 Å². The molecule has 3 rings (SSSR count). The number of aryl methyl sites for hydroxylation is 1. The van der Waals surface area contributed by atoms with Gasteiger partial charge in [-0.05, 0) is 17.9 Å². The third-order valence-electron chi connectivity index (χ3n) is 3.90. The zero-order valence-electron chi connectivity index (χ0n) is 11.7. The van der Waals surface area contributed by atoms with Gasteiger partial charge in [-0.1, -0.05) is 13.8 Å². The molecule has 0 aliphatic heterocycles. The fourth-order valence-electron chi connectivity index (χ4n) is 2.85. The van der Waals surface area contributed by atoms with E-state index in [1.807, 2.05) is 30.1 Å². The highest BCUT2D eigenvalue weighted by Gasteiger charge is 2.32. The summed E-state index contributed by atoms with van der Waals surface area (Å²) < 4.78 is 4.18. The Labute approximate surface area is 113 Å². The van der Waals surface area contributed by atoms with Crippen molar-refractivity contribution in [1.29, 1.82) is 0 Å². The second-order valence-corrected chi connectivity index (χ2v) is 6.20. The van der Waals surface area contributed by atoms with E-state index in [-0.39, 0.29) is 11.2 Å². The molecule has 2 aromatic rings.